The van der Waals surface area contributed by atoms with Crippen LogP contribution < -0.4 is 4.90 Å². The Morgan fingerprint density at radius 1 is 0.490 bits per heavy atom. The summed E-state index contributed by atoms with van der Waals surface area (Å²) < 4.78 is 2.41. The minimum atomic E-state index is -0.193. The topological polar surface area (TPSA) is 8.17 Å². The van der Waals surface area contributed by atoms with Crippen LogP contribution in [0.5, 0.6) is 0 Å². The molecule has 0 bridgehead atoms. The molecular formula is C47H34N2. The quantitative estimate of drug-likeness (QED) is 0.189. The van der Waals surface area contributed by atoms with Gasteiger partial charge in [-0.1, -0.05) is 127 Å². The molecule has 8 aromatic rings. The lowest BCUT2D eigenvalue weighted by Gasteiger charge is -2.39. The summed E-state index contributed by atoms with van der Waals surface area (Å²) in [6.45, 7) is 2.37. The third-order valence-corrected chi connectivity index (χ3v) is 10.8. The van der Waals surface area contributed by atoms with E-state index in [0.717, 1.165) is 0 Å². The molecule has 2 heterocycles. The number of benzene rings is 7. The van der Waals surface area contributed by atoms with Crippen molar-refractivity contribution in [1.82, 2.24) is 4.57 Å². The molecule has 1 aliphatic carbocycles. The van der Waals surface area contributed by atoms with E-state index < -0.39 is 0 Å². The number of anilines is 2. The highest BCUT2D eigenvalue weighted by Crippen LogP contribution is 2.54. The molecule has 1 aliphatic heterocycles. The second kappa shape index (κ2) is 10.7. The molecule has 0 saturated carbocycles. The zero-order valence-electron chi connectivity index (χ0n) is 27.3. The van der Waals surface area contributed by atoms with Crippen molar-refractivity contribution in [2.75, 3.05) is 4.90 Å². The van der Waals surface area contributed by atoms with Crippen LogP contribution >= 0.6 is 0 Å². The monoisotopic (exact) mass is 626 g/mol. The maximum atomic E-state index is 2.53. The minimum Gasteiger partial charge on any atom is -0.331 e. The molecule has 2 aliphatic rings. The zero-order valence-corrected chi connectivity index (χ0v) is 27.3. The van der Waals surface area contributed by atoms with Crippen molar-refractivity contribution >= 4 is 44.0 Å². The lowest BCUT2D eigenvalue weighted by atomic mass is 9.80. The maximum Gasteiger partial charge on any atom is 0.0712 e. The smallest absolute Gasteiger partial charge is 0.0712 e. The normalized spacial score (nSPS) is 18.0. The highest BCUT2D eigenvalue weighted by atomic mass is 15.2. The van der Waals surface area contributed by atoms with Crippen LogP contribution in [-0.2, 0) is 0 Å². The van der Waals surface area contributed by atoms with E-state index in [1.54, 1.807) is 0 Å². The molecule has 0 radical (unpaired) electrons. The summed E-state index contributed by atoms with van der Waals surface area (Å²) in [4.78, 5) is 2.53. The first-order valence-corrected chi connectivity index (χ1v) is 17.1. The van der Waals surface area contributed by atoms with Gasteiger partial charge in [-0.3, -0.25) is 0 Å². The number of aromatic nitrogens is 1. The Kier molecular flexibility index (Phi) is 6.10. The molecule has 1 aromatic heterocycles. The lowest BCUT2D eigenvalue weighted by molar-refractivity contribution is 0.542. The van der Waals surface area contributed by atoms with Gasteiger partial charge < -0.3 is 9.47 Å². The molecule has 7 aromatic carbocycles. The summed E-state index contributed by atoms with van der Waals surface area (Å²) in [5.74, 6) is 0.250. The van der Waals surface area contributed by atoms with Crippen molar-refractivity contribution in [3.8, 4) is 27.9 Å². The number of para-hydroxylation sites is 1. The van der Waals surface area contributed by atoms with E-state index >= 15 is 0 Å². The van der Waals surface area contributed by atoms with Crippen LogP contribution in [0.3, 0.4) is 0 Å². The van der Waals surface area contributed by atoms with Crippen molar-refractivity contribution in [3.63, 3.8) is 0 Å². The van der Waals surface area contributed by atoms with Gasteiger partial charge >= 0.3 is 0 Å². The molecule has 2 nitrogen and oxygen atoms in total. The van der Waals surface area contributed by atoms with Gasteiger partial charge in [0.2, 0.25) is 0 Å². The Bertz CT molecular complexity index is 2620. The number of allylic oxidation sites excluding steroid dienone is 2. The van der Waals surface area contributed by atoms with Crippen LogP contribution in [-0.4, -0.2) is 10.1 Å². The Morgan fingerprint density at radius 2 is 1.16 bits per heavy atom. The van der Waals surface area contributed by atoms with Crippen LogP contribution in [0.2, 0.25) is 0 Å². The highest BCUT2D eigenvalue weighted by molar-refractivity contribution is 6.10. The van der Waals surface area contributed by atoms with Gasteiger partial charge in [0.1, 0.15) is 0 Å². The predicted molar refractivity (Wildman–Crippen MR) is 207 cm³/mol. The van der Waals surface area contributed by atoms with Crippen molar-refractivity contribution in [2.45, 2.75) is 18.4 Å². The number of hydrogen-bond donors (Lipinski definition) is 0. The number of rotatable bonds is 4. The predicted octanol–water partition coefficient (Wildman–Crippen LogP) is 12.4. The molecule has 232 valence electrons. The lowest BCUT2D eigenvalue weighted by Crippen LogP contribution is -2.41. The van der Waals surface area contributed by atoms with Crippen LogP contribution in [0.25, 0.3) is 60.5 Å². The van der Waals surface area contributed by atoms with E-state index in [-0.39, 0.29) is 11.5 Å². The van der Waals surface area contributed by atoms with Crippen molar-refractivity contribution in [3.05, 3.63) is 188 Å². The fourth-order valence-corrected chi connectivity index (χ4v) is 8.40. The van der Waals surface area contributed by atoms with E-state index in [2.05, 4.69) is 198 Å². The van der Waals surface area contributed by atoms with Crippen LogP contribution in [0.1, 0.15) is 18.4 Å². The third kappa shape index (κ3) is 4.27. The summed E-state index contributed by atoms with van der Waals surface area (Å²) in [5, 5.41) is 5.05. The van der Waals surface area contributed by atoms with Gasteiger partial charge in [-0.05, 0) is 100 Å². The largest absolute Gasteiger partial charge is 0.331 e. The number of hydrogen-bond acceptors (Lipinski definition) is 1. The van der Waals surface area contributed by atoms with Crippen LogP contribution in [0.15, 0.2) is 182 Å². The Balaban J connectivity index is 1.08. The SMILES string of the molecule is CC12C=CC=CC1c1cc(-c3ccc4c(c3)c3ccccc3n4-c3ccc4ccccc4c3)ccc1N2c1ccc(-c2ccccc2)cc1. The zero-order chi connectivity index (χ0) is 32.5. The van der Waals surface area contributed by atoms with Gasteiger partial charge in [0.15, 0.2) is 0 Å². The molecule has 10 rings (SSSR count). The molecule has 2 heteroatoms. The van der Waals surface area contributed by atoms with Crippen molar-refractivity contribution in [1.29, 1.82) is 0 Å². The van der Waals surface area contributed by atoms with E-state index in [1.165, 1.54) is 77.5 Å². The summed E-state index contributed by atoms with van der Waals surface area (Å²) in [7, 11) is 0. The van der Waals surface area contributed by atoms with Crippen molar-refractivity contribution in [2.24, 2.45) is 0 Å². The Hall–Kier alpha value is -6.12. The summed E-state index contributed by atoms with van der Waals surface area (Å²) >= 11 is 0. The van der Waals surface area contributed by atoms with E-state index in [9.17, 15) is 0 Å². The second-order valence-corrected chi connectivity index (χ2v) is 13.6. The average Bonchev–Trinajstić information content (AvgIpc) is 3.63. The number of fused-ring (bicyclic) bond motifs is 7. The second-order valence-electron chi connectivity index (χ2n) is 13.6. The summed E-state index contributed by atoms with van der Waals surface area (Å²) in [5.41, 5.74) is 12.2. The van der Waals surface area contributed by atoms with Gasteiger partial charge in [-0.25, -0.2) is 0 Å². The van der Waals surface area contributed by atoms with Gasteiger partial charge in [-0.15, -0.1) is 0 Å². The van der Waals surface area contributed by atoms with Gasteiger partial charge in [-0.2, -0.15) is 0 Å². The van der Waals surface area contributed by atoms with Crippen LogP contribution in [0, 0.1) is 0 Å². The van der Waals surface area contributed by atoms with E-state index in [0.29, 0.717) is 0 Å². The van der Waals surface area contributed by atoms with Gasteiger partial charge in [0.05, 0.1) is 16.6 Å². The summed E-state index contributed by atoms with van der Waals surface area (Å²) in [6.07, 6.45) is 9.16. The first-order valence-electron chi connectivity index (χ1n) is 17.1. The molecule has 49 heavy (non-hydrogen) atoms. The number of nitrogens with zero attached hydrogens (tertiary/aromatic N) is 2. The van der Waals surface area contributed by atoms with Gasteiger partial charge in [0, 0.05) is 33.8 Å². The first kappa shape index (κ1) is 27.9. The fraction of sp³-hybridized carbons (Fsp3) is 0.0638. The molecule has 0 saturated heterocycles. The molecule has 2 unspecified atom stereocenters. The highest BCUT2D eigenvalue weighted by Gasteiger charge is 2.47. The molecule has 0 fully saturated rings. The van der Waals surface area contributed by atoms with Gasteiger partial charge in [0.25, 0.3) is 0 Å². The molecule has 0 amide bonds. The maximum absolute atomic E-state index is 2.53. The first-order chi connectivity index (χ1) is 24.2. The van der Waals surface area contributed by atoms with Crippen molar-refractivity contribution < 1.29 is 0 Å². The Labute approximate surface area is 286 Å². The van der Waals surface area contributed by atoms with Crippen LogP contribution in [0.4, 0.5) is 11.4 Å². The van der Waals surface area contributed by atoms with E-state index in [1.807, 2.05) is 0 Å². The molecular weight excluding hydrogens is 593 g/mol. The van der Waals surface area contributed by atoms with E-state index in [4.69, 9.17) is 0 Å². The summed E-state index contributed by atoms with van der Waals surface area (Å²) in [6, 6.07) is 57.9. The third-order valence-electron chi connectivity index (χ3n) is 10.8. The molecule has 0 spiro atoms. The fourth-order valence-electron chi connectivity index (χ4n) is 8.40. The average molecular weight is 627 g/mol. The molecule has 0 N–H and O–H groups in total. The molecule has 2 atom stereocenters. The Morgan fingerprint density at radius 3 is 2.04 bits per heavy atom. The minimum absolute atomic E-state index is 0.193. The standard InChI is InChI=1S/C47H34N2/c1-47-28-10-9-16-43(47)42-31-37(22-27-46(42)49(47)38-23-18-34(19-24-38)32-11-3-2-4-12-32)36-21-26-45-41(30-36)40-15-7-8-17-44(40)48(45)39-25-20-33-13-5-6-14-35(33)29-39/h2-31,43H,1H3.